The zero-order chi connectivity index (χ0) is 11.8. The van der Waals surface area contributed by atoms with Crippen LogP contribution in [0.2, 0.25) is 0 Å². The van der Waals surface area contributed by atoms with Crippen LogP contribution in [-0.4, -0.2) is 16.3 Å². The Morgan fingerprint density at radius 3 is 2.62 bits per heavy atom. The number of nitrogens with two attached hydrogens (primary N) is 1. The number of alkyl halides is 3. The second kappa shape index (κ2) is 4.08. The van der Waals surface area contributed by atoms with Crippen LogP contribution >= 0.6 is 0 Å². The second-order valence-corrected chi connectivity index (χ2v) is 4.20. The Labute approximate surface area is 91.4 Å². The summed E-state index contributed by atoms with van der Waals surface area (Å²) in [5, 5.41) is 3.62. The first-order valence-electron chi connectivity index (χ1n) is 5.34. The van der Waals surface area contributed by atoms with Crippen LogP contribution in [0.4, 0.5) is 13.2 Å². The SMILES string of the molecule is NCCc1cn(CC2CC2)nc1C(F)(F)F. The summed E-state index contributed by atoms with van der Waals surface area (Å²) in [7, 11) is 0. The lowest BCUT2D eigenvalue weighted by Gasteiger charge is -2.04. The third-order valence-electron chi connectivity index (χ3n) is 2.66. The molecule has 0 aromatic carbocycles. The van der Waals surface area contributed by atoms with E-state index >= 15 is 0 Å². The highest BCUT2D eigenvalue weighted by molar-refractivity contribution is 5.20. The van der Waals surface area contributed by atoms with Crippen LogP contribution < -0.4 is 5.73 Å². The minimum atomic E-state index is -4.38. The molecule has 0 unspecified atom stereocenters. The van der Waals surface area contributed by atoms with E-state index in [1.165, 1.54) is 10.9 Å². The summed E-state index contributed by atoms with van der Waals surface area (Å²) >= 11 is 0. The van der Waals surface area contributed by atoms with Crippen molar-refractivity contribution in [2.24, 2.45) is 11.7 Å². The number of halogens is 3. The summed E-state index contributed by atoms with van der Waals surface area (Å²) in [5.41, 5.74) is 4.72. The van der Waals surface area contributed by atoms with Crippen molar-refractivity contribution in [3.8, 4) is 0 Å². The summed E-state index contributed by atoms with van der Waals surface area (Å²) < 4.78 is 39.3. The van der Waals surface area contributed by atoms with Gasteiger partial charge in [0.1, 0.15) is 0 Å². The number of aromatic nitrogens is 2. The van der Waals surface area contributed by atoms with Gasteiger partial charge in [-0.25, -0.2) is 0 Å². The average molecular weight is 233 g/mol. The van der Waals surface area contributed by atoms with Gasteiger partial charge in [-0.15, -0.1) is 0 Å². The summed E-state index contributed by atoms with van der Waals surface area (Å²) in [5.74, 6) is 0.506. The van der Waals surface area contributed by atoms with E-state index in [4.69, 9.17) is 5.73 Å². The largest absolute Gasteiger partial charge is 0.435 e. The van der Waals surface area contributed by atoms with E-state index in [0.717, 1.165) is 12.8 Å². The molecule has 2 rings (SSSR count). The van der Waals surface area contributed by atoms with Crippen LogP contribution in [0.25, 0.3) is 0 Å². The van der Waals surface area contributed by atoms with Gasteiger partial charge in [0.15, 0.2) is 5.69 Å². The summed E-state index contributed by atoms with van der Waals surface area (Å²) in [6, 6.07) is 0. The molecule has 1 heterocycles. The van der Waals surface area contributed by atoms with Crippen LogP contribution in [0, 0.1) is 5.92 Å². The highest BCUT2D eigenvalue weighted by Crippen LogP contribution is 2.33. The van der Waals surface area contributed by atoms with Crippen molar-refractivity contribution < 1.29 is 13.2 Å². The van der Waals surface area contributed by atoms with E-state index in [-0.39, 0.29) is 18.5 Å². The fraction of sp³-hybridized carbons (Fsp3) is 0.700. The van der Waals surface area contributed by atoms with E-state index in [9.17, 15) is 13.2 Å². The third-order valence-corrected chi connectivity index (χ3v) is 2.66. The summed E-state index contributed by atoms with van der Waals surface area (Å²) in [6.07, 6.45) is -0.492. The zero-order valence-electron chi connectivity index (χ0n) is 8.80. The second-order valence-electron chi connectivity index (χ2n) is 4.20. The molecule has 1 fully saturated rings. The molecular weight excluding hydrogens is 219 g/mol. The maximum Gasteiger partial charge on any atom is 0.435 e. The van der Waals surface area contributed by atoms with Crippen molar-refractivity contribution in [1.82, 2.24) is 9.78 Å². The van der Waals surface area contributed by atoms with E-state index < -0.39 is 11.9 Å². The first-order chi connectivity index (χ1) is 7.50. The fourth-order valence-corrected chi connectivity index (χ4v) is 1.70. The fourth-order valence-electron chi connectivity index (χ4n) is 1.70. The average Bonchev–Trinajstić information content (AvgIpc) is 2.86. The standard InChI is InChI=1S/C10H14F3N3/c11-10(12,13)9-8(3-4-14)6-16(15-9)5-7-1-2-7/h6-7H,1-5,14H2. The molecule has 16 heavy (non-hydrogen) atoms. The van der Waals surface area contributed by atoms with Gasteiger partial charge in [0.05, 0.1) is 0 Å². The van der Waals surface area contributed by atoms with E-state index in [0.29, 0.717) is 12.5 Å². The van der Waals surface area contributed by atoms with Gasteiger partial charge in [0, 0.05) is 18.3 Å². The summed E-state index contributed by atoms with van der Waals surface area (Å²) in [6.45, 7) is 0.797. The van der Waals surface area contributed by atoms with Gasteiger partial charge in [0.25, 0.3) is 0 Å². The molecule has 1 saturated carbocycles. The maximum atomic E-state index is 12.6. The predicted molar refractivity (Wildman–Crippen MR) is 52.7 cm³/mol. The lowest BCUT2D eigenvalue weighted by Crippen LogP contribution is -2.12. The molecule has 1 aromatic rings. The highest BCUT2D eigenvalue weighted by atomic mass is 19.4. The molecular formula is C10H14F3N3. The number of rotatable bonds is 4. The molecule has 0 amide bonds. The molecule has 0 aliphatic heterocycles. The van der Waals surface area contributed by atoms with Crippen molar-refractivity contribution in [1.29, 1.82) is 0 Å². The van der Waals surface area contributed by atoms with Crippen LogP contribution in [0.15, 0.2) is 6.20 Å². The predicted octanol–water partition coefficient (Wildman–Crippen LogP) is 1.81. The maximum absolute atomic E-state index is 12.6. The first-order valence-corrected chi connectivity index (χ1v) is 5.34. The Morgan fingerprint density at radius 1 is 1.44 bits per heavy atom. The van der Waals surface area contributed by atoms with Gasteiger partial charge in [-0.1, -0.05) is 0 Å². The molecule has 0 atom stereocenters. The molecule has 3 nitrogen and oxygen atoms in total. The van der Waals surface area contributed by atoms with Gasteiger partial charge < -0.3 is 5.73 Å². The van der Waals surface area contributed by atoms with Gasteiger partial charge >= 0.3 is 6.18 Å². The molecule has 1 aromatic heterocycles. The molecule has 90 valence electrons. The molecule has 0 radical (unpaired) electrons. The Hall–Kier alpha value is -1.04. The van der Waals surface area contributed by atoms with E-state index in [1.807, 2.05) is 0 Å². The number of hydrogen-bond donors (Lipinski definition) is 1. The molecule has 2 N–H and O–H groups in total. The molecule has 0 bridgehead atoms. The van der Waals surface area contributed by atoms with Gasteiger partial charge in [-0.05, 0) is 31.7 Å². The number of hydrogen-bond acceptors (Lipinski definition) is 2. The first kappa shape index (κ1) is 11.4. The third kappa shape index (κ3) is 2.55. The summed E-state index contributed by atoms with van der Waals surface area (Å²) in [4.78, 5) is 0. The van der Waals surface area contributed by atoms with Crippen LogP contribution in [-0.2, 0) is 19.1 Å². The van der Waals surface area contributed by atoms with E-state index in [1.54, 1.807) is 0 Å². The Kier molecular flexibility index (Phi) is 2.92. The Balaban J connectivity index is 2.21. The monoisotopic (exact) mass is 233 g/mol. The van der Waals surface area contributed by atoms with Gasteiger partial charge in [-0.3, -0.25) is 4.68 Å². The van der Waals surface area contributed by atoms with Crippen LogP contribution in [0.5, 0.6) is 0 Å². The van der Waals surface area contributed by atoms with Crippen molar-refractivity contribution in [2.45, 2.75) is 32.0 Å². The van der Waals surface area contributed by atoms with Crippen LogP contribution in [0.1, 0.15) is 24.1 Å². The van der Waals surface area contributed by atoms with Crippen molar-refractivity contribution in [2.75, 3.05) is 6.54 Å². The Morgan fingerprint density at radius 2 is 2.12 bits per heavy atom. The number of nitrogens with zero attached hydrogens (tertiary/aromatic N) is 2. The molecule has 1 aliphatic rings. The lowest BCUT2D eigenvalue weighted by molar-refractivity contribution is -0.142. The molecule has 1 aliphatic carbocycles. The molecule has 6 heteroatoms. The Bertz CT molecular complexity index is 366. The lowest BCUT2D eigenvalue weighted by atomic mass is 10.2. The van der Waals surface area contributed by atoms with Crippen molar-refractivity contribution in [3.05, 3.63) is 17.5 Å². The highest BCUT2D eigenvalue weighted by Gasteiger charge is 2.37. The molecule has 0 saturated heterocycles. The van der Waals surface area contributed by atoms with Gasteiger partial charge in [0.2, 0.25) is 0 Å². The quantitative estimate of drug-likeness (QED) is 0.862. The normalized spacial score (nSPS) is 16.8. The molecule has 0 spiro atoms. The zero-order valence-corrected chi connectivity index (χ0v) is 8.80. The smallest absolute Gasteiger partial charge is 0.330 e. The topological polar surface area (TPSA) is 43.8 Å². The van der Waals surface area contributed by atoms with Crippen molar-refractivity contribution >= 4 is 0 Å². The van der Waals surface area contributed by atoms with Crippen molar-refractivity contribution in [3.63, 3.8) is 0 Å². The van der Waals surface area contributed by atoms with Gasteiger partial charge in [-0.2, -0.15) is 18.3 Å². The van der Waals surface area contributed by atoms with E-state index in [2.05, 4.69) is 5.10 Å². The minimum absolute atomic E-state index is 0.204. The van der Waals surface area contributed by atoms with Crippen LogP contribution in [0.3, 0.4) is 0 Å². The minimum Gasteiger partial charge on any atom is -0.330 e.